The number of allylic oxidation sites excluding steroid dienone is 1. The molecule has 0 bridgehead atoms. The molecule has 1 aromatic rings. The van der Waals surface area contributed by atoms with Crippen molar-refractivity contribution in [2.24, 2.45) is 5.92 Å². The van der Waals surface area contributed by atoms with E-state index in [0.29, 0.717) is 51.6 Å². The molecule has 0 aromatic heterocycles. The van der Waals surface area contributed by atoms with E-state index < -0.39 is 74.8 Å². The maximum atomic E-state index is 14.4. The van der Waals surface area contributed by atoms with Crippen LogP contribution in [0, 0.1) is 5.92 Å². The molecule has 3 heterocycles. The quantitative estimate of drug-likeness (QED) is 0.361. The van der Waals surface area contributed by atoms with Gasteiger partial charge in [0.2, 0.25) is 21.8 Å². The van der Waals surface area contributed by atoms with Gasteiger partial charge in [0.25, 0.3) is 5.91 Å². The van der Waals surface area contributed by atoms with Crippen LogP contribution in [0.4, 0.5) is 9.59 Å². The van der Waals surface area contributed by atoms with Crippen molar-refractivity contribution in [2.75, 3.05) is 13.1 Å². The van der Waals surface area contributed by atoms with Crippen molar-refractivity contribution < 1.29 is 41.9 Å². The van der Waals surface area contributed by atoms with Gasteiger partial charge < -0.3 is 29.9 Å². The predicted octanol–water partition coefficient (Wildman–Crippen LogP) is 3.97. The molecule has 7 rings (SSSR count). The number of alkyl carbamates (subject to hydrolysis) is 1. The van der Waals surface area contributed by atoms with E-state index in [2.05, 4.69) is 15.4 Å². The van der Waals surface area contributed by atoms with E-state index in [0.717, 1.165) is 56.9 Å². The number of rotatable bonds is 6. The zero-order valence-corrected chi connectivity index (χ0v) is 31.7. The van der Waals surface area contributed by atoms with Gasteiger partial charge in [-0.1, -0.05) is 62.1 Å². The molecule has 1 aromatic carbocycles. The average Bonchev–Trinajstić information content (AvgIpc) is 3.67. The third kappa shape index (κ3) is 8.55. The van der Waals surface area contributed by atoms with Crippen molar-refractivity contribution in [3.8, 4) is 0 Å². The Morgan fingerprint density at radius 2 is 1.59 bits per heavy atom. The van der Waals surface area contributed by atoms with E-state index >= 15 is 0 Å². The van der Waals surface area contributed by atoms with Gasteiger partial charge in [0.05, 0.1) is 11.8 Å². The molecule has 54 heavy (non-hydrogen) atoms. The van der Waals surface area contributed by atoms with Gasteiger partial charge in [0.1, 0.15) is 29.8 Å². The molecular weight excluding hydrogens is 715 g/mol. The number of nitrogens with zero attached hydrogens (tertiary/aromatic N) is 2. The number of hydrogen-bond acceptors (Lipinski definition) is 9. The molecular formula is C39H53N5O9S. The minimum atomic E-state index is -3.96. The Kier molecular flexibility index (Phi) is 11.5. The smallest absolute Gasteiger partial charge is 0.410 e. The topological polar surface area (TPSA) is 181 Å². The summed E-state index contributed by atoms with van der Waals surface area (Å²) in [5, 5.41) is 4.99. The summed E-state index contributed by atoms with van der Waals surface area (Å²) >= 11 is 0. The molecule has 3 N–H and O–H groups in total. The van der Waals surface area contributed by atoms with Gasteiger partial charge in [-0.15, -0.1) is 0 Å². The lowest BCUT2D eigenvalue weighted by atomic mass is 10.0. The van der Waals surface area contributed by atoms with Crippen LogP contribution in [-0.2, 0) is 46.8 Å². The summed E-state index contributed by atoms with van der Waals surface area (Å²) in [6.45, 7) is 0.738. The normalized spacial score (nSPS) is 29.6. The van der Waals surface area contributed by atoms with Crippen molar-refractivity contribution in [1.29, 1.82) is 0 Å². The summed E-state index contributed by atoms with van der Waals surface area (Å²) in [5.41, 5.74) is 0.675. The van der Waals surface area contributed by atoms with Gasteiger partial charge in [-0.3, -0.25) is 19.1 Å². The van der Waals surface area contributed by atoms with Crippen LogP contribution in [0.5, 0.6) is 0 Å². The minimum absolute atomic E-state index is 0.0362. The zero-order valence-electron chi connectivity index (χ0n) is 30.8. The Morgan fingerprint density at radius 1 is 0.870 bits per heavy atom. The molecule has 5 atom stereocenters. The predicted molar refractivity (Wildman–Crippen MR) is 197 cm³/mol. The number of carbonyl (C=O) groups is 5. The van der Waals surface area contributed by atoms with Crippen molar-refractivity contribution in [2.45, 2.75) is 144 Å². The van der Waals surface area contributed by atoms with Gasteiger partial charge in [-0.2, -0.15) is 0 Å². The Balaban J connectivity index is 1.12. The number of benzene rings is 1. The number of nitrogens with one attached hydrogen (secondary N) is 3. The summed E-state index contributed by atoms with van der Waals surface area (Å²) in [7, 11) is -3.96. The van der Waals surface area contributed by atoms with Gasteiger partial charge in [-0.05, 0) is 81.8 Å². The van der Waals surface area contributed by atoms with Gasteiger partial charge in [0, 0.05) is 25.4 Å². The molecule has 3 saturated carbocycles. The number of fused-ring (bicyclic) bond motifs is 3. The van der Waals surface area contributed by atoms with Crippen molar-refractivity contribution in [1.82, 2.24) is 25.2 Å². The largest absolute Gasteiger partial charge is 0.446 e. The van der Waals surface area contributed by atoms with Gasteiger partial charge in [-0.25, -0.2) is 18.0 Å². The fourth-order valence-corrected chi connectivity index (χ4v) is 10.4. The number of carbonyl (C=O) groups excluding carboxylic acids is 5. The Labute approximate surface area is 317 Å². The monoisotopic (exact) mass is 767 g/mol. The number of ether oxygens (including phenoxy) is 2. The molecule has 14 nitrogen and oxygen atoms in total. The van der Waals surface area contributed by atoms with E-state index in [-0.39, 0.29) is 25.5 Å². The van der Waals surface area contributed by atoms with Crippen LogP contribution in [0.15, 0.2) is 36.4 Å². The van der Waals surface area contributed by atoms with E-state index in [4.69, 9.17) is 9.47 Å². The Bertz CT molecular complexity index is 1740. The second-order valence-electron chi connectivity index (χ2n) is 15.9. The second-order valence-corrected chi connectivity index (χ2v) is 17.9. The van der Waals surface area contributed by atoms with E-state index in [9.17, 15) is 32.4 Å². The lowest BCUT2D eigenvalue weighted by molar-refractivity contribution is -0.141. The van der Waals surface area contributed by atoms with Gasteiger partial charge >= 0.3 is 12.2 Å². The van der Waals surface area contributed by atoms with Crippen LogP contribution in [0.2, 0.25) is 0 Å². The van der Waals surface area contributed by atoms with E-state index in [1.807, 2.05) is 36.4 Å². The maximum absolute atomic E-state index is 14.4. The SMILES string of the molecule is O=C(N[C@H]1CCCCCC=C[C@@H]2C[C@@]2(C(=O)NS(=O)(=O)C2CCCC2)NC(=O)[C@@H]2C[C@@H](OC(=O)N3CCc4ccccc4C3)CN2C1=O)OC1CCCC1. The van der Waals surface area contributed by atoms with Crippen LogP contribution in [0.1, 0.15) is 107 Å². The van der Waals surface area contributed by atoms with Crippen LogP contribution in [-0.4, -0.2) is 96.3 Å². The molecule has 0 spiro atoms. The van der Waals surface area contributed by atoms with Crippen molar-refractivity contribution in [3.63, 3.8) is 0 Å². The fraction of sp³-hybridized carbons (Fsp3) is 0.667. The summed E-state index contributed by atoms with van der Waals surface area (Å²) in [6.07, 6.45) is 11.5. The highest BCUT2D eigenvalue weighted by molar-refractivity contribution is 7.90. The van der Waals surface area contributed by atoms with Crippen LogP contribution >= 0.6 is 0 Å². The molecule has 0 unspecified atom stereocenters. The Morgan fingerprint density at radius 3 is 2.37 bits per heavy atom. The second kappa shape index (κ2) is 16.3. The number of hydrogen-bond donors (Lipinski definition) is 3. The first-order valence-electron chi connectivity index (χ1n) is 19.9. The zero-order chi connectivity index (χ0) is 37.9. The van der Waals surface area contributed by atoms with Crippen molar-refractivity contribution in [3.05, 3.63) is 47.5 Å². The average molecular weight is 768 g/mol. The molecule has 3 aliphatic carbocycles. The highest BCUT2D eigenvalue weighted by Crippen LogP contribution is 2.46. The van der Waals surface area contributed by atoms with Crippen LogP contribution in [0.25, 0.3) is 0 Å². The molecule has 15 heteroatoms. The summed E-state index contributed by atoms with van der Waals surface area (Å²) in [6, 6.07) is 5.75. The highest BCUT2D eigenvalue weighted by Gasteiger charge is 2.62. The molecule has 4 fully saturated rings. The third-order valence-corrected chi connectivity index (χ3v) is 14.0. The van der Waals surface area contributed by atoms with Gasteiger partial charge in [0.15, 0.2) is 0 Å². The summed E-state index contributed by atoms with van der Waals surface area (Å²) in [4.78, 5) is 72.2. The van der Waals surface area contributed by atoms with Crippen molar-refractivity contribution >= 4 is 39.9 Å². The highest BCUT2D eigenvalue weighted by atomic mass is 32.2. The van der Waals surface area contributed by atoms with E-state index in [1.54, 1.807) is 4.90 Å². The standard InChI is InChI=1S/C39H53N5O9S/c45-34-33-22-30(53-38(49)43-21-20-26-12-6-7-13-27(26)24-43)25-44(33)35(46)32(40-37(48)52-29-15-8-9-16-29)19-5-3-1-2-4-14-28-23-39(28,41-34)36(47)42-54(50,51)31-17-10-11-18-31/h4,6-7,12-14,28-33H,1-3,5,8-11,15-25H2,(H,40,48)(H,41,45)(H,42,47)/t28-,30-,32+,33+,39-/m1/s1. The third-order valence-electron chi connectivity index (χ3n) is 12.1. The summed E-state index contributed by atoms with van der Waals surface area (Å²) < 4.78 is 40.3. The summed E-state index contributed by atoms with van der Waals surface area (Å²) in [5.74, 6) is -2.39. The molecule has 294 valence electrons. The first-order chi connectivity index (χ1) is 26.0. The molecule has 0 radical (unpaired) electrons. The minimum Gasteiger partial charge on any atom is -0.446 e. The number of sulfonamides is 1. The molecule has 3 aliphatic heterocycles. The molecule has 5 amide bonds. The number of amides is 5. The lowest BCUT2D eigenvalue weighted by Gasteiger charge is -2.30. The molecule has 6 aliphatic rings. The van der Waals surface area contributed by atoms with E-state index in [1.165, 1.54) is 10.5 Å². The van der Waals surface area contributed by atoms with Crippen LogP contribution in [0.3, 0.4) is 0 Å². The molecule has 1 saturated heterocycles. The maximum Gasteiger partial charge on any atom is 0.410 e. The fourth-order valence-electron chi connectivity index (χ4n) is 8.87. The first kappa shape index (κ1) is 38.1. The van der Waals surface area contributed by atoms with Crippen LogP contribution < -0.4 is 15.4 Å². The lowest BCUT2D eigenvalue weighted by Crippen LogP contribution is -2.58. The first-order valence-corrected chi connectivity index (χ1v) is 21.4. The Hall–Kier alpha value is -4.14.